The summed E-state index contributed by atoms with van der Waals surface area (Å²) in [5.41, 5.74) is 6.56. The Morgan fingerprint density at radius 1 is 1.13 bits per heavy atom. The molecular weight excluding hydrogens is 290 g/mol. The molecule has 8 heteroatoms. The first-order valence-electron chi connectivity index (χ1n) is 2.97. The van der Waals surface area contributed by atoms with E-state index in [4.69, 9.17) is 25.2 Å². The number of nitrogens with zero attached hydrogens (tertiary/aromatic N) is 1. The number of carboxylic acid groups (broad SMARTS) is 1. The number of nitrogens with one attached hydrogen (secondary N) is 1. The van der Waals surface area contributed by atoms with Gasteiger partial charge in [-0.3, -0.25) is 25.2 Å². The van der Waals surface area contributed by atoms with Gasteiger partial charge in [0.25, 0.3) is 5.97 Å². The molecule has 0 fully saturated rings. The fourth-order valence-corrected chi connectivity index (χ4v) is 0.254. The van der Waals surface area contributed by atoms with E-state index >= 15 is 0 Å². The molecule has 0 rings (SSSR count). The Morgan fingerprint density at radius 2 is 1.47 bits per heavy atom. The normalized spacial score (nSPS) is 5.67. The molecule has 0 heterocycles. The predicted octanol–water partition coefficient (Wildman–Crippen LogP) is -0.328. The number of hydrogen-bond acceptors (Lipinski definition) is 4. The van der Waals surface area contributed by atoms with Crippen LogP contribution in [0.4, 0.5) is 0 Å². The minimum absolute atomic E-state index is 0. The second kappa shape index (κ2) is 51.8. The Hall–Kier alpha value is -0.951. The first-order chi connectivity index (χ1) is 6.77. The summed E-state index contributed by atoms with van der Waals surface area (Å²) in [6, 6.07) is 0. The molecule has 7 nitrogen and oxygen atoms in total. The third-order valence-electron chi connectivity index (χ3n) is 0.517. The molecule has 0 aromatic carbocycles. The van der Waals surface area contributed by atoms with Crippen LogP contribution in [0.15, 0.2) is 0 Å². The largest absolute Gasteiger partial charge is 5.00 e. The van der Waals surface area contributed by atoms with Crippen LogP contribution in [0.25, 0.3) is 11.1 Å². The molecule has 0 aromatic rings. The van der Waals surface area contributed by atoms with Gasteiger partial charge in [-0.05, 0) is 6.54 Å². The number of hydrogen-bond donors (Lipinski definition) is 1. The van der Waals surface area contributed by atoms with Crippen molar-refractivity contribution in [2.24, 2.45) is 0 Å². The van der Waals surface area contributed by atoms with E-state index in [-0.39, 0.29) is 33.2 Å². The second-order valence-electron chi connectivity index (χ2n) is 1.25. The smallest absolute Gasteiger partial charge is 0.679 e. The van der Waals surface area contributed by atoms with Gasteiger partial charge in [-0.1, -0.05) is 0 Å². The summed E-state index contributed by atoms with van der Waals surface area (Å²) < 4.78 is 0. The zero-order valence-electron chi connectivity index (χ0n) is 7.76. The van der Waals surface area contributed by atoms with Gasteiger partial charge in [0.1, 0.15) is 0 Å². The third-order valence-corrected chi connectivity index (χ3v) is 0.517. The zero-order valence-corrected chi connectivity index (χ0v) is 9.62. The Kier molecular flexibility index (Phi) is 101. The van der Waals surface area contributed by atoms with Crippen molar-refractivity contribution in [1.82, 2.24) is 0 Å². The summed E-state index contributed by atoms with van der Waals surface area (Å²) in [4.78, 5) is 33.0. The van der Waals surface area contributed by atoms with E-state index < -0.39 is 5.97 Å². The van der Waals surface area contributed by atoms with Crippen molar-refractivity contribution in [2.75, 3.05) is 19.6 Å². The van der Waals surface area contributed by atoms with Gasteiger partial charge < -0.3 is 30.5 Å². The van der Waals surface area contributed by atoms with E-state index in [1.165, 1.54) is 0 Å². The standard InChI is InChI=1S/C4H8N2O2.3CHO.Tc/c5-1-2-6-3-4(7)8;3*1-2;/h5H,1-3H2,(H,7,8);3*1H;/q-2;3*-1;+5. The monoisotopic (exact) mass is 300 g/mol. The molecule has 0 saturated heterocycles. The van der Waals surface area contributed by atoms with E-state index in [1.807, 2.05) is 0 Å². The van der Waals surface area contributed by atoms with Crippen molar-refractivity contribution in [3.63, 3.8) is 0 Å². The van der Waals surface area contributed by atoms with Gasteiger partial charge >= 0.3 is 20.1 Å². The maximum absolute atomic E-state index is 9.72. The zero-order chi connectivity index (χ0) is 12.4. The van der Waals surface area contributed by atoms with Gasteiger partial charge in [-0.25, -0.2) is 0 Å². The van der Waals surface area contributed by atoms with Crippen LogP contribution in [0.5, 0.6) is 0 Å². The van der Waals surface area contributed by atoms with Crippen LogP contribution in [0.1, 0.15) is 0 Å². The maximum atomic E-state index is 9.72. The Labute approximate surface area is 102 Å². The van der Waals surface area contributed by atoms with Gasteiger partial charge in [0.15, 0.2) is 0 Å². The van der Waals surface area contributed by atoms with Gasteiger partial charge in [-0.15, -0.1) is 0 Å². The molecular formula is C7H11N2O5Tc. The van der Waals surface area contributed by atoms with Crippen LogP contribution in [0.2, 0.25) is 0 Å². The van der Waals surface area contributed by atoms with Crippen molar-refractivity contribution in [3.8, 4) is 0 Å². The average molecular weight is 301 g/mol. The SMILES string of the molecule is [CH-]=O.[CH-]=O.[CH-]=O.[NH-]CC[N-]CC(=O)O.[Tc+5]. The minimum atomic E-state index is -0.932. The summed E-state index contributed by atoms with van der Waals surface area (Å²) in [5, 5.41) is 11.5. The number of carboxylic acids is 1. The predicted molar refractivity (Wildman–Crippen MR) is 50.2 cm³/mol. The van der Waals surface area contributed by atoms with Crippen molar-refractivity contribution < 1.29 is 44.4 Å². The molecule has 86 valence electrons. The molecule has 0 bridgehead atoms. The van der Waals surface area contributed by atoms with Crippen molar-refractivity contribution >= 4 is 26.3 Å². The molecule has 0 amide bonds. The Morgan fingerprint density at radius 3 is 1.67 bits per heavy atom. The van der Waals surface area contributed by atoms with Crippen LogP contribution in [0, 0.1) is 0 Å². The summed E-state index contributed by atoms with van der Waals surface area (Å²) in [5.74, 6) is -0.932. The molecule has 0 unspecified atom stereocenters. The second-order valence-corrected chi connectivity index (χ2v) is 1.25. The van der Waals surface area contributed by atoms with Gasteiger partial charge in [0.2, 0.25) is 0 Å². The van der Waals surface area contributed by atoms with Gasteiger partial charge in [-0.2, -0.15) is 13.1 Å². The third kappa shape index (κ3) is 97.2. The van der Waals surface area contributed by atoms with Gasteiger partial charge in [0.05, 0.1) is 0 Å². The van der Waals surface area contributed by atoms with Crippen LogP contribution >= 0.6 is 0 Å². The molecule has 0 aliphatic heterocycles. The van der Waals surface area contributed by atoms with Crippen LogP contribution in [-0.2, 0) is 39.3 Å². The van der Waals surface area contributed by atoms with E-state index in [0.29, 0.717) is 6.54 Å². The molecule has 0 saturated carbocycles. The Balaban J connectivity index is -0.0000000410. The molecule has 0 aliphatic carbocycles. The molecule has 2 N–H and O–H groups in total. The first-order valence-corrected chi connectivity index (χ1v) is 2.97. The fourth-order valence-electron chi connectivity index (χ4n) is 0.254. The van der Waals surface area contributed by atoms with Crippen molar-refractivity contribution in [3.05, 3.63) is 11.1 Å². The minimum Gasteiger partial charge on any atom is -0.679 e. The number of carbonyl (C=O) groups is 1. The molecule has 0 radical (unpaired) electrons. The Bertz CT molecular complexity index is 113. The summed E-state index contributed by atoms with van der Waals surface area (Å²) >= 11 is 0. The number of aliphatic carboxylic acids is 1. The number of carbonyl (C=O) groups excluding carboxylic acids is 3. The first kappa shape index (κ1) is 29.2. The van der Waals surface area contributed by atoms with Crippen LogP contribution < -0.4 is 0 Å². The van der Waals surface area contributed by atoms with E-state index in [2.05, 4.69) is 25.7 Å². The maximum Gasteiger partial charge on any atom is 5.00 e. The molecule has 0 aliphatic rings. The van der Waals surface area contributed by atoms with Crippen LogP contribution in [-0.4, -0.2) is 51.1 Å². The van der Waals surface area contributed by atoms with Crippen molar-refractivity contribution in [2.45, 2.75) is 0 Å². The molecule has 0 atom stereocenters. The van der Waals surface area contributed by atoms with Gasteiger partial charge in [0, 0.05) is 0 Å². The van der Waals surface area contributed by atoms with Crippen molar-refractivity contribution in [1.29, 1.82) is 0 Å². The molecule has 15 heavy (non-hydrogen) atoms. The van der Waals surface area contributed by atoms with Crippen LogP contribution in [0.3, 0.4) is 0 Å². The van der Waals surface area contributed by atoms with E-state index in [0.717, 1.165) is 0 Å². The average Bonchev–Trinajstić information content (AvgIpc) is 2.27. The summed E-state index contributed by atoms with van der Waals surface area (Å²) in [7, 11) is 0. The summed E-state index contributed by atoms with van der Waals surface area (Å²) in [6.45, 7) is 10.1. The molecule has 0 aromatic heterocycles. The number of rotatable bonds is 4. The van der Waals surface area contributed by atoms with E-state index in [1.54, 1.807) is 0 Å². The fraction of sp³-hybridized carbons (Fsp3) is 0.429. The topological polar surface area (TPSA) is 126 Å². The van der Waals surface area contributed by atoms with E-state index in [9.17, 15) is 4.79 Å². The summed E-state index contributed by atoms with van der Waals surface area (Å²) in [6.07, 6.45) is 0. The molecule has 0 spiro atoms. The quantitative estimate of drug-likeness (QED) is 0.432.